The lowest BCUT2D eigenvalue weighted by Crippen LogP contribution is -2.26. The minimum absolute atomic E-state index is 0.0214. The number of hydrogen-bond donors (Lipinski definition) is 2. The highest BCUT2D eigenvalue weighted by Crippen LogP contribution is 2.17. The molecule has 0 radical (unpaired) electrons. The van der Waals surface area contributed by atoms with Gasteiger partial charge in [-0.2, -0.15) is 0 Å². The molecule has 2 rings (SSSR count). The summed E-state index contributed by atoms with van der Waals surface area (Å²) in [6, 6.07) is 6.97. The Kier molecular flexibility index (Phi) is 4.60. The highest BCUT2D eigenvalue weighted by molar-refractivity contribution is 6.04. The minimum atomic E-state index is -0.483. The van der Waals surface area contributed by atoms with Gasteiger partial charge in [-0.3, -0.25) is 9.59 Å². The van der Waals surface area contributed by atoms with Crippen LogP contribution in [0.15, 0.2) is 29.1 Å². The number of carbonyl (C=O) groups excluding carboxylic acids is 1. The number of H-pyrrole nitrogens is 1. The van der Waals surface area contributed by atoms with Crippen LogP contribution in [0, 0.1) is 13.8 Å². The van der Waals surface area contributed by atoms with Gasteiger partial charge in [-0.1, -0.05) is 0 Å². The molecular weight excluding hydrogens is 282 g/mol. The first-order valence-electron chi connectivity index (χ1n) is 7.02. The zero-order valence-electron chi connectivity index (χ0n) is 13.1. The van der Waals surface area contributed by atoms with Crippen molar-refractivity contribution in [2.45, 2.75) is 33.8 Å². The molecule has 116 valence electrons. The van der Waals surface area contributed by atoms with Crippen LogP contribution in [-0.2, 0) is 0 Å². The molecule has 0 aliphatic rings. The molecule has 0 fully saturated rings. The van der Waals surface area contributed by atoms with Crippen LogP contribution in [0.4, 0.5) is 5.69 Å². The highest BCUT2D eigenvalue weighted by atomic mass is 16.5. The molecule has 0 aliphatic carbocycles. The Morgan fingerprint density at radius 1 is 1.23 bits per heavy atom. The number of rotatable bonds is 4. The molecule has 6 heteroatoms. The Morgan fingerprint density at radius 2 is 1.86 bits per heavy atom. The molecule has 0 saturated carbocycles. The number of anilines is 1. The van der Waals surface area contributed by atoms with Gasteiger partial charge in [0.2, 0.25) is 0 Å². The van der Waals surface area contributed by atoms with Crippen molar-refractivity contribution in [2.24, 2.45) is 0 Å². The van der Waals surface area contributed by atoms with E-state index in [1.807, 2.05) is 13.8 Å². The summed E-state index contributed by atoms with van der Waals surface area (Å²) >= 11 is 0. The molecule has 0 atom stereocenters. The largest absolute Gasteiger partial charge is 0.491 e. The van der Waals surface area contributed by atoms with Crippen molar-refractivity contribution in [1.82, 2.24) is 9.97 Å². The van der Waals surface area contributed by atoms with Gasteiger partial charge in [-0.25, -0.2) is 4.98 Å². The average Bonchev–Trinajstić information content (AvgIpc) is 2.39. The van der Waals surface area contributed by atoms with Crippen LogP contribution in [0.1, 0.15) is 35.7 Å². The Morgan fingerprint density at radius 3 is 2.41 bits per heavy atom. The maximum absolute atomic E-state index is 12.2. The summed E-state index contributed by atoms with van der Waals surface area (Å²) in [5.41, 5.74) is 0.564. The third-order valence-corrected chi connectivity index (χ3v) is 2.93. The van der Waals surface area contributed by atoms with Gasteiger partial charge in [0.25, 0.3) is 11.5 Å². The number of aromatic amines is 1. The fourth-order valence-electron chi connectivity index (χ4n) is 2.08. The Hall–Kier alpha value is -2.63. The lowest BCUT2D eigenvalue weighted by atomic mass is 10.2. The molecular formula is C16H19N3O3. The number of aromatic nitrogens is 2. The molecule has 22 heavy (non-hydrogen) atoms. The van der Waals surface area contributed by atoms with Crippen molar-refractivity contribution in [3.8, 4) is 5.75 Å². The van der Waals surface area contributed by atoms with Gasteiger partial charge in [0.05, 0.1) is 11.8 Å². The van der Waals surface area contributed by atoms with Gasteiger partial charge in [0.15, 0.2) is 0 Å². The average molecular weight is 301 g/mol. The van der Waals surface area contributed by atoms with Crippen LogP contribution < -0.4 is 15.6 Å². The summed E-state index contributed by atoms with van der Waals surface area (Å²) in [7, 11) is 0. The van der Waals surface area contributed by atoms with E-state index < -0.39 is 11.5 Å². The van der Waals surface area contributed by atoms with E-state index in [4.69, 9.17) is 4.74 Å². The normalized spacial score (nSPS) is 10.6. The summed E-state index contributed by atoms with van der Waals surface area (Å²) in [4.78, 5) is 30.8. The maximum atomic E-state index is 12.2. The fraction of sp³-hybridized carbons (Fsp3) is 0.312. The van der Waals surface area contributed by atoms with E-state index in [2.05, 4.69) is 15.3 Å². The number of ether oxygens (including phenoxy) is 1. The summed E-state index contributed by atoms with van der Waals surface area (Å²) in [5.74, 6) is 0.719. The number of hydrogen-bond acceptors (Lipinski definition) is 4. The van der Waals surface area contributed by atoms with Crippen molar-refractivity contribution in [3.63, 3.8) is 0 Å². The van der Waals surface area contributed by atoms with E-state index in [9.17, 15) is 9.59 Å². The van der Waals surface area contributed by atoms with Crippen LogP contribution in [0.3, 0.4) is 0 Å². The van der Waals surface area contributed by atoms with Gasteiger partial charge in [-0.15, -0.1) is 0 Å². The predicted molar refractivity (Wildman–Crippen MR) is 84.5 cm³/mol. The standard InChI is InChI=1S/C16H19N3O3/c1-9(2)22-13-7-5-12(6-8-13)19-16(21)14-10(3)17-11(4)18-15(14)20/h5-9H,1-4H3,(H,19,21)(H,17,18,20). The quantitative estimate of drug-likeness (QED) is 0.908. The topological polar surface area (TPSA) is 84.1 Å². The second kappa shape index (κ2) is 6.43. The molecule has 1 aromatic carbocycles. The predicted octanol–water partition coefficient (Wildman–Crippen LogP) is 2.43. The summed E-state index contributed by atoms with van der Waals surface area (Å²) < 4.78 is 5.53. The lowest BCUT2D eigenvalue weighted by molar-refractivity contribution is 0.102. The lowest BCUT2D eigenvalue weighted by Gasteiger charge is -2.11. The smallest absolute Gasteiger partial charge is 0.264 e. The van der Waals surface area contributed by atoms with E-state index in [1.165, 1.54) is 0 Å². The van der Waals surface area contributed by atoms with E-state index in [-0.39, 0.29) is 11.7 Å². The molecule has 0 spiro atoms. The number of aryl methyl sites for hydroxylation is 2. The number of benzene rings is 1. The Balaban J connectivity index is 2.17. The van der Waals surface area contributed by atoms with Crippen molar-refractivity contribution in [3.05, 3.63) is 51.7 Å². The first-order chi connectivity index (χ1) is 10.4. The van der Waals surface area contributed by atoms with Crippen molar-refractivity contribution in [1.29, 1.82) is 0 Å². The van der Waals surface area contributed by atoms with Crippen LogP contribution in [0.5, 0.6) is 5.75 Å². The van der Waals surface area contributed by atoms with E-state index in [1.54, 1.807) is 38.1 Å². The van der Waals surface area contributed by atoms with Gasteiger partial charge >= 0.3 is 0 Å². The van der Waals surface area contributed by atoms with Crippen LogP contribution in [0.25, 0.3) is 0 Å². The van der Waals surface area contributed by atoms with Crippen LogP contribution in [0.2, 0.25) is 0 Å². The van der Waals surface area contributed by atoms with Gasteiger partial charge < -0.3 is 15.0 Å². The van der Waals surface area contributed by atoms with E-state index >= 15 is 0 Å². The molecule has 0 aliphatic heterocycles. The van der Waals surface area contributed by atoms with Gasteiger partial charge in [0.1, 0.15) is 17.1 Å². The van der Waals surface area contributed by atoms with Crippen molar-refractivity contribution >= 4 is 11.6 Å². The Bertz CT molecular complexity index is 733. The second-order valence-corrected chi connectivity index (χ2v) is 5.26. The summed E-state index contributed by atoms with van der Waals surface area (Å²) in [5, 5.41) is 2.69. The van der Waals surface area contributed by atoms with Crippen molar-refractivity contribution in [2.75, 3.05) is 5.32 Å². The number of nitrogens with zero attached hydrogens (tertiary/aromatic N) is 1. The molecule has 2 aromatic rings. The molecule has 0 saturated heterocycles. The molecule has 0 bridgehead atoms. The van der Waals surface area contributed by atoms with E-state index in [0.29, 0.717) is 17.2 Å². The molecule has 1 heterocycles. The minimum Gasteiger partial charge on any atom is -0.491 e. The molecule has 6 nitrogen and oxygen atoms in total. The maximum Gasteiger partial charge on any atom is 0.264 e. The zero-order valence-corrected chi connectivity index (χ0v) is 13.1. The molecule has 2 N–H and O–H groups in total. The Labute approximate surface area is 128 Å². The third-order valence-electron chi connectivity index (χ3n) is 2.93. The van der Waals surface area contributed by atoms with Gasteiger partial charge in [-0.05, 0) is 52.0 Å². The molecule has 0 unspecified atom stereocenters. The van der Waals surface area contributed by atoms with Crippen LogP contribution in [-0.4, -0.2) is 22.0 Å². The number of amides is 1. The SMILES string of the molecule is Cc1nc(C)c(C(=O)Nc2ccc(OC(C)C)cc2)c(=O)[nH]1. The van der Waals surface area contributed by atoms with Crippen LogP contribution >= 0.6 is 0 Å². The zero-order chi connectivity index (χ0) is 16.3. The van der Waals surface area contributed by atoms with E-state index in [0.717, 1.165) is 5.75 Å². The number of nitrogens with one attached hydrogen (secondary N) is 2. The molecule has 1 aromatic heterocycles. The summed E-state index contributed by atoms with van der Waals surface area (Å²) in [6.45, 7) is 7.19. The molecule has 1 amide bonds. The summed E-state index contributed by atoms with van der Waals surface area (Å²) in [6.07, 6.45) is 0.0836. The van der Waals surface area contributed by atoms with Crippen molar-refractivity contribution < 1.29 is 9.53 Å². The van der Waals surface area contributed by atoms with Gasteiger partial charge in [0, 0.05) is 5.69 Å². The first-order valence-corrected chi connectivity index (χ1v) is 7.02. The second-order valence-electron chi connectivity index (χ2n) is 5.26. The number of carbonyl (C=O) groups is 1. The highest BCUT2D eigenvalue weighted by Gasteiger charge is 2.15. The fourth-order valence-corrected chi connectivity index (χ4v) is 2.08. The first kappa shape index (κ1) is 15.8. The third kappa shape index (κ3) is 3.72. The monoisotopic (exact) mass is 301 g/mol.